The number of carbonyl (C=O) groups is 1. The van der Waals surface area contributed by atoms with Gasteiger partial charge in [0.1, 0.15) is 0 Å². The first kappa shape index (κ1) is 16.0. The first-order valence-corrected chi connectivity index (χ1v) is 7.92. The van der Waals surface area contributed by atoms with Gasteiger partial charge in [0.15, 0.2) is 0 Å². The van der Waals surface area contributed by atoms with E-state index in [9.17, 15) is 9.90 Å². The van der Waals surface area contributed by atoms with E-state index in [1.807, 2.05) is 6.07 Å². The van der Waals surface area contributed by atoms with Crippen LogP contribution in [0.2, 0.25) is 0 Å². The van der Waals surface area contributed by atoms with Crippen LogP contribution in [0.3, 0.4) is 0 Å². The number of carbonyl (C=O) groups excluding carboxylic acids is 1. The number of aliphatic hydroxyl groups is 1. The molecule has 1 aromatic carbocycles. The van der Waals surface area contributed by atoms with Gasteiger partial charge in [-0.15, -0.1) is 0 Å². The van der Waals surface area contributed by atoms with E-state index in [0.717, 1.165) is 24.8 Å². The molecule has 1 fully saturated rings. The van der Waals surface area contributed by atoms with Gasteiger partial charge >= 0.3 is 0 Å². The minimum atomic E-state index is -0.408. The largest absolute Gasteiger partial charge is 0.394 e. The van der Waals surface area contributed by atoms with Gasteiger partial charge in [-0.25, -0.2) is 0 Å². The highest BCUT2D eigenvalue weighted by molar-refractivity contribution is 5.79. The number of amides is 1. The van der Waals surface area contributed by atoms with E-state index in [1.165, 1.54) is 17.5 Å². The standard InChI is InChI=1S/C18H27NO2/c1-13-5-4-8-18(11-13,12-20)19-17(21)10-16-7-6-14(2)15(3)9-16/h6-7,9,13,20H,4-5,8,10-12H2,1-3H3,(H,19,21). The van der Waals surface area contributed by atoms with Crippen LogP contribution in [0.15, 0.2) is 18.2 Å². The quantitative estimate of drug-likeness (QED) is 0.895. The molecule has 3 nitrogen and oxygen atoms in total. The van der Waals surface area contributed by atoms with Crippen LogP contribution in [0, 0.1) is 19.8 Å². The molecule has 0 bridgehead atoms. The number of aliphatic hydroxyl groups excluding tert-OH is 1. The van der Waals surface area contributed by atoms with Gasteiger partial charge in [-0.3, -0.25) is 4.79 Å². The van der Waals surface area contributed by atoms with Gasteiger partial charge in [-0.05, 0) is 49.3 Å². The second-order valence-corrected chi connectivity index (χ2v) is 6.78. The Morgan fingerprint density at radius 1 is 1.38 bits per heavy atom. The van der Waals surface area contributed by atoms with E-state index in [0.29, 0.717) is 12.3 Å². The van der Waals surface area contributed by atoms with Crippen molar-refractivity contribution in [1.82, 2.24) is 5.32 Å². The van der Waals surface area contributed by atoms with E-state index in [1.54, 1.807) is 0 Å². The van der Waals surface area contributed by atoms with Crippen LogP contribution in [-0.2, 0) is 11.2 Å². The Bertz CT molecular complexity index is 512. The topological polar surface area (TPSA) is 49.3 Å². The van der Waals surface area contributed by atoms with Crippen LogP contribution in [0.1, 0.15) is 49.3 Å². The van der Waals surface area contributed by atoms with Crippen molar-refractivity contribution >= 4 is 5.91 Å². The zero-order valence-electron chi connectivity index (χ0n) is 13.4. The average molecular weight is 289 g/mol. The average Bonchev–Trinajstić information content (AvgIpc) is 2.43. The summed E-state index contributed by atoms with van der Waals surface area (Å²) in [4.78, 5) is 12.3. The lowest BCUT2D eigenvalue weighted by Crippen LogP contribution is -2.54. The number of nitrogens with one attached hydrogen (secondary N) is 1. The molecule has 1 saturated carbocycles. The maximum Gasteiger partial charge on any atom is 0.224 e. The second-order valence-electron chi connectivity index (χ2n) is 6.78. The molecule has 2 unspecified atom stereocenters. The van der Waals surface area contributed by atoms with Crippen molar-refractivity contribution in [2.45, 2.75) is 58.4 Å². The Labute approximate surface area is 127 Å². The summed E-state index contributed by atoms with van der Waals surface area (Å²) in [5, 5.41) is 12.8. The van der Waals surface area contributed by atoms with Gasteiger partial charge in [-0.1, -0.05) is 38.0 Å². The van der Waals surface area contributed by atoms with Crippen LogP contribution < -0.4 is 5.32 Å². The van der Waals surface area contributed by atoms with Crippen molar-refractivity contribution in [3.8, 4) is 0 Å². The van der Waals surface area contributed by atoms with Gasteiger partial charge in [0.25, 0.3) is 0 Å². The minimum Gasteiger partial charge on any atom is -0.394 e. The van der Waals surface area contributed by atoms with Gasteiger partial charge < -0.3 is 10.4 Å². The molecular formula is C18H27NO2. The molecule has 116 valence electrons. The molecule has 0 heterocycles. The summed E-state index contributed by atoms with van der Waals surface area (Å²) in [6.45, 7) is 6.37. The van der Waals surface area contributed by atoms with Gasteiger partial charge in [0, 0.05) is 0 Å². The summed E-state index contributed by atoms with van der Waals surface area (Å²) in [6.07, 6.45) is 4.41. The Morgan fingerprint density at radius 3 is 2.76 bits per heavy atom. The third-order valence-corrected chi connectivity index (χ3v) is 4.73. The first-order chi connectivity index (χ1) is 9.94. The number of rotatable bonds is 4. The van der Waals surface area contributed by atoms with Crippen molar-refractivity contribution in [2.75, 3.05) is 6.61 Å². The fourth-order valence-electron chi connectivity index (χ4n) is 3.40. The lowest BCUT2D eigenvalue weighted by Gasteiger charge is -2.39. The first-order valence-electron chi connectivity index (χ1n) is 7.92. The summed E-state index contributed by atoms with van der Waals surface area (Å²) < 4.78 is 0. The zero-order chi connectivity index (χ0) is 15.5. The summed E-state index contributed by atoms with van der Waals surface area (Å²) in [5.41, 5.74) is 3.08. The molecule has 1 aliphatic carbocycles. The number of benzene rings is 1. The highest BCUT2D eigenvalue weighted by Crippen LogP contribution is 2.32. The molecule has 1 amide bonds. The molecule has 0 aromatic heterocycles. The van der Waals surface area contributed by atoms with E-state index in [-0.39, 0.29) is 12.5 Å². The molecule has 3 heteroatoms. The molecular weight excluding hydrogens is 262 g/mol. The fourth-order valence-corrected chi connectivity index (χ4v) is 3.40. The predicted molar refractivity (Wildman–Crippen MR) is 85.2 cm³/mol. The molecule has 21 heavy (non-hydrogen) atoms. The van der Waals surface area contributed by atoms with Crippen molar-refractivity contribution in [3.05, 3.63) is 34.9 Å². The highest BCUT2D eigenvalue weighted by Gasteiger charge is 2.35. The number of hydrogen-bond donors (Lipinski definition) is 2. The SMILES string of the molecule is Cc1ccc(CC(=O)NC2(CO)CCCC(C)C2)cc1C. The highest BCUT2D eigenvalue weighted by atomic mass is 16.3. The van der Waals surface area contributed by atoms with Crippen LogP contribution in [0.25, 0.3) is 0 Å². The van der Waals surface area contributed by atoms with Crippen LogP contribution >= 0.6 is 0 Å². The molecule has 0 aliphatic heterocycles. The maximum atomic E-state index is 12.3. The van der Waals surface area contributed by atoms with Crippen LogP contribution in [0.5, 0.6) is 0 Å². The Balaban J connectivity index is 2.01. The van der Waals surface area contributed by atoms with Crippen molar-refractivity contribution in [2.24, 2.45) is 5.92 Å². The van der Waals surface area contributed by atoms with Crippen molar-refractivity contribution in [3.63, 3.8) is 0 Å². The summed E-state index contributed by atoms with van der Waals surface area (Å²) >= 11 is 0. The summed E-state index contributed by atoms with van der Waals surface area (Å²) in [6, 6.07) is 6.14. The monoisotopic (exact) mass is 289 g/mol. The maximum absolute atomic E-state index is 12.3. The third-order valence-electron chi connectivity index (χ3n) is 4.73. The molecule has 1 aromatic rings. The third kappa shape index (κ3) is 4.07. The minimum absolute atomic E-state index is 0.0152. The van der Waals surface area contributed by atoms with Crippen LogP contribution in [0.4, 0.5) is 0 Å². The van der Waals surface area contributed by atoms with Crippen LogP contribution in [-0.4, -0.2) is 23.2 Å². The molecule has 0 spiro atoms. The lowest BCUT2D eigenvalue weighted by atomic mass is 9.76. The second kappa shape index (κ2) is 6.61. The fraction of sp³-hybridized carbons (Fsp3) is 0.611. The summed E-state index contributed by atoms with van der Waals surface area (Å²) in [5.74, 6) is 0.578. The number of aryl methyl sites for hydroxylation is 2. The van der Waals surface area contributed by atoms with E-state index < -0.39 is 5.54 Å². The van der Waals surface area contributed by atoms with Crippen molar-refractivity contribution < 1.29 is 9.90 Å². The molecule has 2 atom stereocenters. The molecule has 2 rings (SSSR count). The molecule has 0 radical (unpaired) electrons. The van der Waals surface area contributed by atoms with Gasteiger partial charge in [0.2, 0.25) is 5.91 Å². The van der Waals surface area contributed by atoms with Gasteiger partial charge in [0.05, 0.1) is 18.6 Å². The normalized spacial score (nSPS) is 25.6. The summed E-state index contributed by atoms with van der Waals surface area (Å²) in [7, 11) is 0. The van der Waals surface area contributed by atoms with Gasteiger partial charge in [-0.2, -0.15) is 0 Å². The Morgan fingerprint density at radius 2 is 2.14 bits per heavy atom. The number of hydrogen-bond acceptors (Lipinski definition) is 2. The predicted octanol–water partition coefficient (Wildman–Crippen LogP) is 2.90. The molecule has 0 saturated heterocycles. The smallest absolute Gasteiger partial charge is 0.224 e. The van der Waals surface area contributed by atoms with E-state index in [2.05, 4.69) is 38.2 Å². The van der Waals surface area contributed by atoms with Crippen molar-refractivity contribution in [1.29, 1.82) is 0 Å². The lowest BCUT2D eigenvalue weighted by molar-refractivity contribution is -0.123. The zero-order valence-corrected chi connectivity index (χ0v) is 13.4. The Hall–Kier alpha value is -1.35. The molecule has 1 aliphatic rings. The van der Waals surface area contributed by atoms with E-state index >= 15 is 0 Å². The van der Waals surface area contributed by atoms with E-state index in [4.69, 9.17) is 0 Å². The molecule has 2 N–H and O–H groups in total. The Kier molecular flexibility index (Phi) is 5.04.